The van der Waals surface area contributed by atoms with E-state index in [1.54, 1.807) is 36.4 Å². The van der Waals surface area contributed by atoms with Crippen LogP contribution in [0.3, 0.4) is 0 Å². The molecule has 0 spiro atoms. The molecule has 2 heterocycles. The van der Waals surface area contributed by atoms with Crippen LogP contribution in [-0.2, 0) is 24.8 Å². The molecular formula is C28H30ClN3O7S2. The first-order valence-corrected chi connectivity index (χ1v) is 16.5. The highest BCUT2D eigenvalue weighted by Gasteiger charge is 2.37. The molecule has 41 heavy (non-hydrogen) atoms. The van der Waals surface area contributed by atoms with E-state index in [0.29, 0.717) is 29.5 Å². The highest BCUT2D eigenvalue weighted by Crippen LogP contribution is 2.37. The number of fused-ring (bicyclic) bond motifs is 1. The van der Waals surface area contributed by atoms with Crippen LogP contribution in [0, 0.1) is 0 Å². The van der Waals surface area contributed by atoms with Crippen LogP contribution in [0.25, 0.3) is 0 Å². The molecule has 0 aromatic heterocycles. The Morgan fingerprint density at radius 3 is 2.22 bits per heavy atom. The van der Waals surface area contributed by atoms with Gasteiger partial charge in [0, 0.05) is 18.1 Å². The van der Waals surface area contributed by atoms with Crippen molar-refractivity contribution in [2.24, 2.45) is 0 Å². The molecule has 1 atom stereocenters. The third-order valence-corrected chi connectivity index (χ3v) is 10.8. The third kappa shape index (κ3) is 6.45. The molecule has 1 fully saturated rings. The molecule has 13 heteroatoms. The van der Waals surface area contributed by atoms with Gasteiger partial charge in [0.1, 0.15) is 18.1 Å². The third-order valence-electron chi connectivity index (χ3n) is 6.88. The molecule has 2 aliphatic heterocycles. The second-order valence-corrected chi connectivity index (χ2v) is 13.9. The molecule has 0 aliphatic carbocycles. The molecule has 0 bridgehead atoms. The van der Waals surface area contributed by atoms with Crippen LogP contribution in [0.1, 0.15) is 19.3 Å². The molecule has 1 N–H and O–H groups in total. The molecule has 1 amide bonds. The average molecular weight is 620 g/mol. The van der Waals surface area contributed by atoms with Gasteiger partial charge in [-0.2, -0.15) is 4.31 Å². The van der Waals surface area contributed by atoms with Crippen molar-refractivity contribution in [2.75, 3.05) is 37.1 Å². The van der Waals surface area contributed by atoms with Gasteiger partial charge < -0.3 is 14.8 Å². The van der Waals surface area contributed by atoms with Gasteiger partial charge in [0.25, 0.3) is 15.9 Å². The van der Waals surface area contributed by atoms with Crippen molar-refractivity contribution in [1.82, 2.24) is 9.62 Å². The lowest BCUT2D eigenvalue weighted by molar-refractivity contribution is -0.127. The number of hydrogen-bond acceptors (Lipinski definition) is 7. The van der Waals surface area contributed by atoms with Crippen molar-refractivity contribution in [3.63, 3.8) is 0 Å². The summed E-state index contributed by atoms with van der Waals surface area (Å²) in [5.41, 5.74) is 0.334. The SMILES string of the molecule is O=C(NCCOc1ccc(S(=O)(=O)N2CCCCC2)cc1)[C@H]1CN(S(=O)(=O)c2ccc(Cl)cc2)c2ccccc2O1. The van der Waals surface area contributed by atoms with Gasteiger partial charge in [0.05, 0.1) is 28.6 Å². The molecule has 2 aliphatic rings. The number of amides is 1. The van der Waals surface area contributed by atoms with Crippen molar-refractivity contribution in [2.45, 2.75) is 35.2 Å². The molecule has 3 aromatic rings. The van der Waals surface area contributed by atoms with Gasteiger partial charge in [-0.15, -0.1) is 0 Å². The van der Waals surface area contributed by atoms with Gasteiger partial charge in [-0.1, -0.05) is 30.2 Å². The first-order chi connectivity index (χ1) is 19.7. The van der Waals surface area contributed by atoms with E-state index in [9.17, 15) is 21.6 Å². The van der Waals surface area contributed by atoms with Crippen LogP contribution in [0.4, 0.5) is 5.69 Å². The fraction of sp³-hybridized carbons (Fsp3) is 0.321. The summed E-state index contributed by atoms with van der Waals surface area (Å²) in [6.45, 7) is 1.07. The minimum atomic E-state index is -4.00. The maximum absolute atomic E-state index is 13.5. The van der Waals surface area contributed by atoms with Gasteiger partial charge in [-0.25, -0.2) is 16.8 Å². The van der Waals surface area contributed by atoms with Crippen molar-refractivity contribution in [1.29, 1.82) is 0 Å². The number of nitrogens with zero attached hydrogens (tertiary/aromatic N) is 2. The summed E-state index contributed by atoms with van der Waals surface area (Å²) in [6, 6.07) is 18.6. The minimum Gasteiger partial charge on any atom is -0.492 e. The van der Waals surface area contributed by atoms with Gasteiger partial charge in [-0.05, 0) is 73.5 Å². The molecule has 218 valence electrons. The maximum atomic E-state index is 13.5. The second-order valence-electron chi connectivity index (χ2n) is 9.64. The van der Waals surface area contributed by atoms with Crippen LogP contribution in [0.5, 0.6) is 11.5 Å². The lowest BCUT2D eigenvalue weighted by Gasteiger charge is -2.34. The number of piperidine rings is 1. The fourth-order valence-electron chi connectivity index (χ4n) is 4.72. The van der Waals surface area contributed by atoms with E-state index in [4.69, 9.17) is 21.1 Å². The number of para-hydroxylation sites is 2. The summed E-state index contributed by atoms with van der Waals surface area (Å²) < 4.78 is 66.7. The largest absolute Gasteiger partial charge is 0.492 e. The van der Waals surface area contributed by atoms with Crippen LogP contribution >= 0.6 is 11.6 Å². The van der Waals surface area contributed by atoms with Crippen molar-refractivity contribution < 1.29 is 31.1 Å². The fourth-order valence-corrected chi connectivity index (χ4v) is 7.84. The Kier molecular flexibility index (Phi) is 8.74. The first-order valence-electron chi connectivity index (χ1n) is 13.2. The average Bonchev–Trinajstić information content (AvgIpc) is 2.99. The first kappa shape index (κ1) is 29.2. The number of ether oxygens (including phenoxy) is 2. The van der Waals surface area contributed by atoms with Gasteiger partial charge in [0.2, 0.25) is 10.0 Å². The summed E-state index contributed by atoms with van der Waals surface area (Å²) >= 11 is 5.93. The van der Waals surface area contributed by atoms with Gasteiger partial charge in [0.15, 0.2) is 6.10 Å². The van der Waals surface area contributed by atoms with Crippen LogP contribution in [0.2, 0.25) is 5.02 Å². The molecular weight excluding hydrogens is 590 g/mol. The number of benzene rings is 3. The van der Waals surface area contributed by atoms with E-state index < -0.39 is 32.1 Å². The van der Waals surface area contributed by atoms with Crippen LogP contribution < -0.4 is 19.1 Å². The number of carbonyl (C=O) groups is 1. The summed E-state index contributed by atoms with van der Waals surface area (Å²) in [6.07, 6.45) is 1.67. The molecule has 0 radical (unpaired) electrons. The van der Waals surface area contributed by atoms with Crippen LogP contribution in [-0.4, -0.2) is 65.9 Å². The number of halogens is 1. The van der Waals surface area contributed by atoms with E-state index in [-0.39, 0.29) is 35.2 Å². The summed E-state index contributed by atoms with van der Waals surface area (Å²) in [7, 11) is -7.53. The van der Waals surface area contributed by atoms with E-state index in [1.165, 1.54) is 40.7 Å². The minimum absolute atomic E-state index is 0.0425. The monoisotopic (exact) mass is 619 g/mol. The molecule has 1 saturated heterocycles. The van der Waals surface area contributed by atoms with Crippen molar-refractivity contribution >= 4 is 43.2 Å². The molecule has 10 nitrogen and oxygen atoms in total. The lowest BCUT2D eigenvalue weighted by Crippen LogP contribution is -2.51. The zero-order valence-electron chi connectivity index (χ0n) is 22.1. The molecule has 0 unspecified atom stereocenters. The quantitative estimate of drug-likeness (QED) is 0.363. The normalized spacial score (nSPS) is 17.8. The summed E-state index contributed by atoms with van der Waals surface area (Å²) in [5.74, 6) is 0.231. The molecule has 3 aromatic carbocycles. The Bertz CT molecular complexity index is 1590. The zero-order chi connectivity index (χ0) is 29.0. The maximum Gasteiger partial charge on any atom is 0.264 e. The number of carbonyl (C=O) groups excluding carboxylic acids is 1. The van der Waals surface area contributed by atoms with Crippen molar-refractivity contribution in [3.8, 4) is 11.5 Å². The Balaban J connectivity index is 1.18. The number of rotatable bonds is 9. The Labute approximate surface area is 244 Å². The summed E-state index contributed by atoms with van der Waals surface area (Å²) in [5, 5.41) is 3.13. The number of sulfonamides is 2. The lowest BCUT2D eigenvalue weighted by atomic mass is 10.2. The van der Waals surface area contributed by atoms with E-state index in [0.717, 1.165) is 23.6 Å². The highest BCUT2D eigenvalue weighted by atomic mass is 35.5. The summed E-state index contributed by atoms with van der Waals surface area (Å²) in [4.78, 5) is 13.2. The molecule has 5 rings (SSSR count). The number of anilines is 1. The van der Waals surface area contributed by atoms with Gasteiger partial charge in [-0.3, -0.25) is 9.10 Å². The van der Waals surface area contributed by atoms with E-state index >= 15 is 0 Å². The van der Waals surface area contributed by atoms with Crippen molar-refractivity contribution in [3.05, 3.63) is 77.8 Å². The predicted octanol–water partition coefficient (Wildman–Crippen LogP) is 3.67. The predicted molar refractivity (Wildman–Crippen MR) is 154 cm³/mol. The topological polar surface area (TPSA) is 122 Å². The highest BCUT2D eigenvalue weighted by molar-refractivity contribution is 7.92. The molecule has 0 saturated carbocycles. The standard InChI is InChI=1S/C28H30ClN3O7S2/c29-21-8-12-24(13-9-21)41(36,37)32-20-27(39-26-7-3-2-6-25(26)32)28(33)30-16-19-38-22-10-14-23(15-11-22)40(34,35)31-17-4-1-5-18-31/h2-3,6-15,27H,1,4-5,16-20H2,(H,30,33)/t27-/m1/s1. The second kappa shape index (κ2) is 12.3. The Hall–Kier alpha value is -3.32. The number of nitrogens with one attached hydrogen (secondary N) is 1. The number of hydrogen-bond donors (Lipinski definition) is 1. The van der Waals surface area contributed by atoms with Crippen LogP contribution in [0.15, 0.2) is 82.6 Å². The van der Waals surface area contributed by atoms with E-state index in [2.05, 4.69) is 5.32 Å². The Morgan fingerprint density at radius 2 is 1.51 bits per heavy atom. The van der Waals surface area contributed by atoms with Gasteiger partial charge >= 0.3 is 0 Å². The van der Waals surface area contributed by atoms with E-state index in [1.807, 2.05) is 0 Å². The Morgan fingerprint density at radius 1 is 0.878 bits per heavy atom. The zero-order valence-corrected chi connectivity index (χ0v) is 24.5. The smallest absolute Gasteiger partial charge is 0.264 e.